The molecule has 0 aliphatic rings. The lowest BCUT2D eigenvalue weighted by atomic mass is 9.79. The van der Waals surface area contributed by atoms with Crippen molar-refractivity contribution in [2.75, 3.05) is 0 Å². The molecule has 0 bridgehead atoms. The molecule has 0 heterocycles. The Morgan fingerprint density at radius 2 is 1.45 bits per heavy atom. The molecule has 2 aromatic carbocycles. The molecule has 2 rings (SSSR count). The maximum Gasteiger partial charge on any atom is 0.408 e. The van der Waals surface area contributed by atoms with Crippen molar-refractivity contribution >= 4 is 29.5 Å². The largest absolute Gasteiger partial charge is 0.444 e. The van der Waals surface area contributed by atoms with Crippen LogP contribution in [0.2, 0.25) is 5.02 Å². The molecule has 3 N–H and O–H groups in total. The van der Waals surface area contributed by atoms with Gasteiger partial charge in [0, 0.05) is 0 Å². The van der Waals surface area contributed by atoms with Crippen LogP contribution < -0.4 is 16.2 Å². The van der Waals surface area contributed by atoms with Crippen molar-refractivity contribution in [1.29, 1.82) is 0 Å². The number of alkyl carbamates (subject to hydrolysis) is 1. The minimum absolute atomic E-state index is 0.230. The molecule has 1 atom stereocenters. The van der Waals surface area contributed by atoms with E-state index in [1.165, 1.54) is 0 Å². The molecule has 7 nitrogen and oxygen atoms in total. The molecule has 1 unspecified atom stereocenters. The molecule has 2 aromatic rings. The van der Waals surface area contributed by atoms with Gasteiger partial charge in [-0.2, -0.15) is 0 Å². The Bertz CT molecular complexity index is 939. The Balaban J connectivity index is 2.19. The van der Waals surface area contributed by atoms with Crippen molar-refractivity contribution in [2.24, 2.45) is 5.41 Å². The van der Waals surface area contributed by atoms with Crippen LogP contribution in [-0.4, -0.2) is 23.5 Å². The molecule has 0 saturated heterocycles. The Hall–Kier alpha value is -3.06. The van der Waals surface area contributed by atoms with Gasteiger partial charge in [-0.1, -0.05) is 54.1 Å². The van der Waals surface area contributed by atoms with Gasteiger partial charge in [-0.3, -0.25) is 20.4 Å². The number of carbonyl (C=O) groups excluding carboxylic acids is 3. The summed E-state index contributed by atoms with van der Waals surface area (Å²) >= 11 is 6.03. The van der Waals surface area contributed by atoms with Crippen molar-refractivity contribution in [3.63, 3.8) is 0 Å². The first-order valence-corrected chi connectivity index (χ1v) is 10.2. The average Bonchev–Trinajstić information content (AvgIpc) is 2.69. The monoisotopic (exact) mass is 445 g/mol. The molecular formula is C23H28ClN3O4. The molecule has 8 heteroatoms. The predicted octanol–water partition coefficient (Wildman–Crippen LogP) is 4.39. The number of hydrazine groups is 1. The number of ether oxygens (including phenoxy) is 1. The van der Waals surface area contributed by atoms with Crippen molar-refractivity contribution < 1.29 is 19.1 Å². The van der Waals surface area contributed by atoms with Crippen LogP contribution in [0.4, 0.5) is 4.79 Å². The summed E-state index contributed by atoms with van der Waals surface area (Å²) in [6.07, 6.45) is -0.651. The third-order valence-electron chi connectivity index (χ3n) is 4.51. The van der Waals surface area contributed by atoms with Crippen LogP contribution in [-0.2, 0) is 9.53 Å². The SMILES string of the molecule is CC(C)(C)OC(=O)NC(c1ccccc1)C(C)(C)C(=O)NNC(=O)c1ccccc1Cl. The maximum atomic E-state index is 13.0. The van der Waals surface area contributed by atoms with Crippen LogP contribution in [0, 0.1) is 5.41 Å². The van der Waals surface area contributed by atoms with Gasteiger partial charge in [-0.15, -0.1) is 0 Å². The van der Waals surface area contributed by atoms with Crippen molar-refractivity contribution in [3.05, 3.63) is 70.7 Å². The van der Waals surface area contributed by atoms with E-state index >= 15 is 0 Å². The zero-order chi connectivity index (χ0) is 23.2. The molecule has 31 heavy (non-hydrogen) atoms. The zero-order valence-electron chi connectivity index (χ0n) is 18.3. The minimum atomic E-state index is -1.15. The summed E-state index contributed by atoms with van der Waals surface area (Å²) in [6.45, 7) is 8.60. The number of hydrogen-bond acceptors (Lipinski definition) is 4. The molecular weight excluding hydrogens is 418 g/mol. The summed E-state index contributed by atoms with van der Waals surface area (Å²) in [6, 6.07) is 14.9. The van der Waals surface area contributed by atoms with Gasteiger partial charge in [0.05, 0.1) is 22.0 Å². The third-order valence-corrected chi connectivity index (χ3v) is 4.84. The summed E-state index contributed by atoms with van der Waals surface area (Å²) in [5.74, 6) is -1.05. The highest BCUT2D eigenvalue weighted by Crippen LogP contribution is 2.34. The average molecular weight is 446 g/mol. The van der Waals surface area contributed by atoms with Gasteiger partial charge in [0.2, 0.25) is 5.91 Å². The molecule has 0 fully saturated rings. The second-order valence-corrected chi connectivity index (χ2v) is 9.01. The highest BCUT2D eigenvalue weighted by atomic mass is 35.5. The second kappa shape index (κ2) is 9.83. The number of carbonyl (C=O) groups is 3. The van der Waals surface area contributed by atoms with Crippen LogP contribution >= 0.6 is 11.6 Å². The van der Waals surface area contributed by atoms with E-state index in [0.717, 1.165) is 0 Å². The molecule has 0 radical (unpaired) electrons. The lowest BCUT2D eigenvalue weighted by Crippen LogP contribution is -2.52. The highest BCUT2D eigenvalue weighted by molar-refractivity contribution is 6.33. The molecule has 166 valence electrons. The second-order valence-electron chi connectivity index (χ2n) is 8.60. The Labute approximate surface area is 187 Å². The Morgan fingerprint density at radius 3 is 2.03 bits per heavy atom. The number of rotatable bonds is 5. The van der Waals surface area contributed by atoms with Gasteiger partial charge in [0.15, 0.2) is 0 Å². The molecule has 0 saturated carbocycles. The number of benzene rings is 2. The molecule has 3 amide bonds. The number of hydrogen-bond donors (Lipinski definition) is 3. The number of nitrogens with one attached hydrogen (secondary N) is 3. The maximum absolute atomic E-state index is 13.0. The topological polar surface area (TPSA) is 96.5 Å². The summed E-state index contributed by atoms with van der Waals surface area (Å²) < 4.78 is 5.37. The molecule has 0 spiro atoms. The first-order valence-electron chi connectivity index (χ1n) is 9.81. The quantitative estimate of drug-likeness (QED) is 0.594. The van der Waals surface area contributed by atoms with Crippen LogP contribution in [0.5, 0.6) is 0 Å². The molecule has 0 aliphatic carbocycles. The van der Waals surface area contributed by atoms with Crippen LogP contribution in [0.25, 0.3) is 0 Å². The predicted molar refractivity (Wildman–Crippen MR) is 119 cm³/mol. The fraction of sp³-hybridized carbons (Fsp3) is 0.348. The zero-order valence-corrected chi connectivity index (χ0v) is 19.0. The summed E-state index contributed by atoms with van der Waals surface area (Å²) in [7, 11) is 0. The molecule has 0 aromatic heterocycles. The van der Waals surface area contributed by atoms with E-state index in [-0.39, 0.29) is 10.6 Å². The summed E-state index contributed by atoms with van der Waals surface area (Å²) in [5.41, 5.74) is 3.91. The molecule has 0 aliphatic heterocycles. The van der Waals surface area contributed by atoms with E-state index in [1.807, 2.05) is 18.2 Å². The fourth-order valence-electron chi connectivity index (χ4n) is 2.87. The van der Waals surface area contributed by atoms with E-state index < -0.39 is 35.0 Å². The van der Waals surface area contributed by atoms with Crippen molar-refractivity contribution in [3.8, 4) is 0 Å². The van der Waals surface area contributed by atoms with E-state index in [4.69, 9.17) is 16.3 Å². The van der Waals surface area contributed by atoms with Crippen LogP contribution in [0.1, 0.15) is 56.6 Å². The van der Waals surface area contributed by atoms with Crippen LogP contribution in [0.3, 0.4) is 0 Å². The normalized spacial score (nSPS) is 12.5. The first-order chi connectivity index (χ1) is 14.4. The summed E-state index contributed by atoms with van der Waals surface area (Å²) in [5, 5.41) is 3.05. The van der Waals surface area contributed by atoms with Gasteiger partial charge in [0.1, 0.15) is 5.60 Å². The van der Waals surface area contributed by atoms with Crippen molar-refractivity contribution in [1.82, 2.24) is 16.2 Å². The smallest absolute Gasteiger partial charge is 0.408 e. The summed E-state index contributed by atoms with van der Waals surface area (Å²) in [4.78, 5) is 37.8. The van der Waals surface area contributed by atoms with Crippen molar-refractivity contribution in [2.45, 2.75) is 46.3 Å². The van der Waals surface area contributed by atoms with E-state index in [2.05, 4.69) is 16.2 Å². The van der Waals surface area contributed by atoms with Gasteiger partial charge in [-0.05, 0) is 52.3 Å². The van der Waals surface area contributed by atoms with E-state index in [0.29, 0.717) is 5.56 Å². The minimum Gasteiger partial charge on any atom is -0.444 e. The lowest BCUT2D eigenvalue weighted by Gasteiger charge is -2.34. The number of amides is 3. The fourth-order valence-corrected chi connectivity index (χ4v) is 3.09. The highest BCUT2D eigenvalue weighted by Gasteiger charge is 2.40. The van der Waals surface area contributed by atoms with Gasteiger partial charge < -0.3 is 10.1 Å². The van der Waals surface area contributed by atoms with Gasteiger partial charge in [-0.25, -0.2) is 4.79 Å². The van der Waals surface area contributed by atoms with E-state index in [9.17, 15) is 14.4 Å². The Morgan fingerprint density at radius 1 is 0.871 bits per heavy atom. The van der Waals surface area contributed by atoms with E-state index in [1.54, 1.807) is 71.0 Å². The van der Waals surface area contributed by atoms with Gasteiger partial charge >= 0.3 is 6.09 Å². The standard InChI is InChI=1S/C23H28ClN3O4/c1-22(2,3)31-21(30)25-18(15-11-7-6-8-12-15)23(4,5)20(29)27-26-19(28)16-13-9-10-14-17(16)24/h6-14,18H,1-5H3,(H,25,30)(H,26,28)(H,27,29). The van der Waals surface area contributed by atoms with Crippen LogP contribution in [0.15, 0.2) is 54.6 Å². The third kappa shape index (κ3) is 6.72. The first kappa shape index (κ1) is 24.2. The lowest BCUT2D eigenvalue weighted by molar-refractivity contribution is -0.131. The number of halogens is 1. The Kier molecular flexibility index (Phi) is 7.68. The van der Waals surface area contributed by atoms with Gasteiger partial charge in [0.25, 0.3) is 5.91 Å².